The smallest absolute Gasteiger partial charge is 0.339 e. The van der Waals surface area contributed by atoms with Gasteiger partial charge in [0, 0.05) is 10.4 Å². The highest BCUT2D eigenvalue weighted by Crippen LogP contribution is 2.38. The molecule has 1 aliphatic carbocycles. The lowest BCUT2D eigenvalue weighted by Gasteiger charge is -2.11. The van der Waals surface area contributed by atoms with E-state index in [0.29, 0.717) is 22.1 Å². The first-order valence-electron chi connectivity index (χ1n) is 7.96. The fourth-order valence-electron chi connectivity index (χ4n) is 3.03. The van der Waals surface area contributed by atoms with Crippen LogP contribution in [0.5, 0.6) is 11.5 Å². The van der Waals surface area contributed by atoms with Crippen LogP contribution in [0.4, 0.5) is 5.00 Å². The van der Waals surface area contributed by atoms with E-state index < -0.39 is 5.97 Å². The third-order valence-electron chi connectivity index (χ3n) is 4.26. The van der Waals surface area contributed by atoms with Crippen LogP contribution in [0.25, 0.3) is 0 Å². The molecule has 132 valence electrons. The van der Waals surface area contributed by atoms with Crippen molar-refractivity contribution < 1.29 is 24.2 Å². The minimum absolute atomic E-state index is 0.230. The summed E-state index contributed by atoms with van der Waals surface area (Å²) in [4.78, 5) is 25.3. The Labute approximate surface area is 149 Å². The Kier molecular flexibility index (Phi) is 4.94. The number of aryl methyl sites for hydroxylation is 1. The van der Waals surface area contributed by atoms with Gasteiger partial charge in [0.25, 0.3) is 5.91 Å². The molecular formula is C18H19NO5S. The van der Waals surface area contributed by atoms with E-state index in [1.807, 2.05) is 0 Å². The molecule has 2 N–H and O–H groups in total. The van der Waals surface area contributed by atoms with E-state index >= 15 is 0 Å². The number of thiophene rings is 1. The Morgan fingerprint density at radius 3 is 2.52 bits per heavy atom. The maximum absolute atomic E-state index is 12.6. The van der Waals surface area contributed by atoms with Gasteiger partial charge in [-0.05, 0) is 49.4 Å². The van der Waals surface area contributed by atoms with Crippen LogP contribution in [0.2, 0.25) is 0 Å². The molecule has 25 heavy (non-hydrogen) atoms. The summed E-state index contributed by atoms with van der Waals surface area (Å²) in [6, 6.07) is 4.83. The topological polar surface area (TPSA) is 84.9 Å². The molecule has 3 rings (SSSR count). The standard InChI is InChI=1S/C18H19NO5S/c1-23-12-8-7-10(9-13(12)24-2)16(20)19-17-15(18(21)22)11-5-3-4-6-14(11)25-17/h7-9H,3-6H2,1-2H3,(H,19,20)(H,21,22). The Bertz CT molecular complexity index is 827. The molecule has 0 atom stereocenters. The second kappa shape index (κ2) is 7.14. The average molecular weight is 361 g/mol. The molecule has 2 aromatic rings. The summed E-state index contributed by atoms with van der Waals surface area (Å²) in [6.07, 6.45) is 3.65. The average Bonchev–Trinajstić information content (AvgIpc) is 2.98. The van der Waals surface area contributed by atoms with Crippen LogP contribution in [0, 0.1) is 0 Å². The number of amides is 1. The molecule has 0 radical (unpaired) electrons. The van der Waals surface area contributed by atoms with Gasteiger partial charge in [-0.1, -0.05) is 0 Å². The van der Waals surface area contributed by atoms with Crippen molar-refractivity contribution in [2.75, 3.05) is 19.5 Å². The number of carboxylic acids is 1. The molecule has 0 aliphatic heterocycles. The zero-order valence-corrected chi connectivity index (χ0v) is 14.9. The zero-order chi connectivity index (χ0) is 18.0. The summed E-state index contributed by atoms with van der Waals surface area (Å²) >= 11 is 1.36. The SMILES string of the molecule is COc1ccc(C(=O)Nc2sc3c(c2C(=O)O)CCCC3)cc1OC. The largest absolute Gasteiger partial charge is 0.493 e. The van der Waals surface area contributed by atoms with Gasteiger partial charge in [-0.15, -0.1) is 11.3 Å². The van der Waals surface area contributed by atoms with E-state index in [9.17, 15) is 14.7 Å². The molecule has 1 heterocycles. The number of hydrogen-bond acceptors (Lipinski definition) is 5. The van der Waals surface area contributed by atoms with Gasteiger partial charge in [-0.2, -0.15) is 0 Å². The fraction of sp³-hybridized carbons (Fsp3) is 0.333. The molecule has 1 aromatic carbocycles. The molecule has 0 fully saturated rings. The first-order chi connectivity index (χ1) is 12.0. The van der Waals surface area contributed by atoms with E-state index in [-0.39, 0.29) is 11.5 Å². The molecular weight excluding hydrogens is 342 g/mol. The quantitative estimate of drug-likeness (QED) is 0.850. The maximum atomic E-state index is 12.6. The number of fused-ring (bicyclic) bond motifs is 1. The van der Waals surface area contributed by atoms with Crippen molar-refractivity contribution in [2.24, 2.45) is 0 Å². The lowest BCUT2D eigenvalue weighted by atomic mass is 9.95. The van der Waals surface area contributed by atoms with E-state index in [1.165, 1.54) is 25.6 Å². The number of carbonyl (C=O) groups is 2. The summed E-state index contributed by atoms with van der Waals surface area (Å²) in [5.74, 6) is -0.403. The minimum atomic E-state index is -0.998. The van der Waals surface area contributed by atoms with Gasteiger partial charge in [0.2, 0.25) is 0 Å². The van der Waals surface area contributed by atoms with Gasteiger partial charge in [-0.25, -0.2) is 4.79 Å². The second-order valence-electron chi connectivity index (χ2n) is 5.74. The van der Waals surface area contributed by atoms with Crippen molar-refractivity contribution >= 4 is 28.2 Å². The highest BCUT2D eigenvalue weighted by atomic mass is 32.1. The van der Waals surface area contributed by atoms with Crippen LogP contribution in [0.3, 0.4) is 0 Å². The molecule has 0 saturated carbocycles. The van der Waals surface area contributed by atoms with Gasteiger partial charge in [0.1, 0.15) is 5.00 Å². The number of ether oxygens (including phenoxy) is 2. The normalized spacial score (nSPS) is 13.0. The van der Waals surface area contributed by atoms with Gasteiger partial charge in [0.05, 0.1) is 19.8 Å². The highest BCUT2D eigenvalue weighted by molar-refractivity contribution is 7.17. The molecule has 6 nitrogen and oxygen atoms in total. The molecule has 1 aliphatic rings. The predicted octanol–water partition coefficient (Wildman–Crippen LogP) is 3.59. The number of benzene rings is 1. The molecule has 0 unspecified atom stereocenters. The van der Waals surface area contributed by atoms with Crippen LogP contribution in [-0.2, 0) is 12.8 Å². The van der Waals surface area contributed by atoms with Crippen molar-refractivity contribution in [3.8, 4) is 11.5 Å². The fourth-order valence-corrected chi connectivity index (χ4v) is 4.31. The maximum Gasteiger partial charge on any atom is 0.339 e. The van der Waals surface area contributed by atoms with Gasteiger partial charge >= 0.3 is 5.97 Å². The number of aromatic carboxylic acids is 1. The van der Waals surface area contributed by atoms with Crippen LogP contribution in [-0.4, -0.2) is 31.2 Å². The number of carboxylic acid groups (broad SMARTS) is 1. The third kappa shape index (κ3) is 3.32. The Morgan fingerprint density at radius 2 is 1.84 bits per heavy atom. The zero-order valence-electron chi connectivity index (χ0n) is 14.0. The molecule has 0 spiro atoms. The monoisotopic (exact) mass is 361 g/mol. The minimum Gasteiger partial charge on any atom is -0.493 e. The molecule has 1 aromatic heterocycles. The summed E-state index contributed by atoms with van der Waals surface area (Å²) in [7, 11) is 3.02. The van der Waals surface area contributed by atoms with Crippen LogP contribution in [0.1, 0.15) is 44.0 Å². The molecule has 7 heteroatoms. The van der Waals surface area contributed by atoms with Crippen molar-refractivity contribution in [3.05, 3.63) is 39.8 Å². The second-order valence-corrected chi connectivity index (χ2v) is 6.85. The highest BCUT2D eigenvalue weighted by Gasteiger charge is 2.26. The Balaban J connectivity index is 1.91. The Hall–Kier alpha value is -2.54. The number of anilines is 1. The number of rotatable bonds is 5. The van der Waals surface area contributed by atoms with Crippen molar-refractivity contribution in [1.29, 1.82) is 0 Å². The van der Waals surface area contributed by atoms with Crippen LogP contribution in [0.15, 0.2) is 18.2 Å². The number of methoxy groups -OCH3 is 2. The number of nitrogens with one attached hydrogen (secondary N) is 1. The van der Waals surface area contributed by atoms with Crippen molar-refractivity contribution in [3.63, 3.8) is 0 Å². The number of carbonyl (C=O) groups excluding carboxylic acids is 1. The predicted molar refractivity (Wildman–Crippen MR) is 95.4 cm³/mol. The van der Waals surface area contributed by atoms with Crippen molar-refractivity contribution in [1.82, 2.24) is 0 Å². The molecule has 0 bridgehead atoms. The van der Waals surface area contributed by atoms with Gasteiger partial charge < -0.3 is 19.9 Å². The first kappa shape index (κ1) is 17.3. The van der Waals surface area contributed by atoms with E-state index in [0.717, 1.165) is 36.1 Å². The number of hydrogen-bond donors (Lipinski definition) is 2. The van der Waals surface area contributed by atoms with E-state index in [2.05, 4.69) is 5.32 Å². The lowest BCUT2D eigenvalue weighted by molar-refractivity contribution is 0.0697. The first-order valence-corrected chi connectivity index (χ1v) is 8.78. The summed E-state index contributed by atoms with van der Waals surface area (Å²) in [5, 5.41) is 12.7. The van der Waals surface area contributed by atoms with Crippen LogP contribution >= 0.6 is 11.3 Å². The summed E-state index contributed by atoms with van der Waals surface area (Å²) < 4.78 is 10.4. The Morgan fingerprint density at radius 1 is 1.12 bits per heavy atom. The summed E-state index contributed by atoms with van der Waals surface area (Å²) in [6.45, 7) is 0. The lowest BCUT2D eigenvalue weighted by Crippen LogP contribution is -2.14. The van der Waals surface area contributed by atoms with E-state index in [4.69, 9.17) is 9.47 Å². The molecule has 0 saturated heterocycles. The van der Waals surface area contributed by atoms with Crippen molar-refractivity contribution in [2.45, 2.75) is 25.7 Å². The van der Waals surface area contributed by atoms with E-state index in [1.54, 1.807) is 18.2 Å². The summed E-state index contributed by atoms with van der Waals surface area (Å²) in [5.41, 5.74) is 1.47. The third-order valence-corrected chi connectivity index (χ3v) is 5.47. The molecule has 1 amide bonds. The van der Waals surface area contributed by atoms with Gasteiger partial charge in [0.15, 0.2) is 11.5 Å². The van der Waals surface area contributed by atoms with Gasteiger partial charge in [-0.3, -0.25) is 4.79 Å². The van der Waals surface area contributed by atoms with Crippen LogP contribution < -0.4 is 14.8 Å².